The van der Waals surface area contributed by atoms with Crippen LogP contribution in [0.4, 0.5) is 0 Å². The molecule has 16 aromatic rings. The smallest absolute Gasteiger partial charge is 0.179 e. The summed E-state index contributed by atoms with van der Waals surface area (Å²) >= 11 is 0. The zero-order chi connectivity index (χ0) is 75.8. The molecule has 0 unspecified atom stereocenters. The monoisotopic (exact) mass is 1030 g/mol. The van der Waals surface area contributed by atoms with Crippen LogP contribution in [0.1, 0.15) is 39.8 Å². The van der Waals surface area contributed by atoms with Gasteiger partial charge in [0.1, 0.15) is 0 Å². The molecule has 16 rings (SSSR count). The average Bonchev–Trinajstić information content (AvgIpc) is 1.46. The van der Waals surface area contributed by atoms with Crippen LogP contribution in [0.3, 0.4) is 0 Å². The highest BCUT2D eigenvalue weighted by Gasteiger charge is 2.43. The maximum Gasteiger partial charge on any atom is 0.179 e. The van der Waals surface area contributed by atoms with Crippen molar-refractivity contribution in [1.82, 2.24) is 18.3 Å². The van der Waals surface area contributed by atoms with E-state index in [-0.39, 0.29) is 120 Å². The molecule has 12 aromatic carbocycles. The van der Waals surface area contributed by atoms with Gasteiger partial charge in [-0.05, 0) is 106 Å². The molecule has 0 N–H and O–H groups in total. The molecular weight excluding hydrogens is 949 g/mol. The molecule has 0 bridgehead atoms. The van der Waals surface area contributed by atoms with E-state index in [4.69, 9.17) is 11.0 Å². The van der Waals surface area contributed by atoms with Crippen molar-refractivity contribution in [3.63, 3.8) is 0 Å². The van der Waals surface area contributed by atoms with Gasteiger partial charge in [-0.15, -0.1) is 0 Å². The zero-order valence-electron chi connectivity index (χ0n) is 68.8. The number of nitrogens with zero attached hydrogens (tertiary/aromatic N) is 4. The number of para-hydroxylation sites is 8. The largest absolute Gasteiger partial charge is 0.309 e. The predicted octanol–water partition coefficient (Wildman–Crippen LogP) is 15.5. The molecule has 0 aliphatic rings. The van der Waals surface area contributed by atoms with Gasteiger partial charge in [0.15, 0.2) is 8.07 Å². The SMILES string of the molecule is [2H]c1cc2c(c([2H])c1[2H])c1c([2H])c([2H])c([2H])c([2H])c1n2-c1cc(-n2c3cc([2H])c([2H])c([2H])c3c3c([2H])c([2H])c([2H])c([2H])c32)cc([Si](c2ccccc2)(c2ccccc2)c2cc(-n3c4cc([2H])c([2H])c([2H])c4c4c([2H])c([2H])c([2H])c([2H])c43)cc(-n3c4c([2H])c([2H])c([2H])c([2H])c4c4c([2H])c([2H])c([2H])c([2H])c43)c2)c1. The Labute approximate surface area is 486 Å². The summed E-state index contributed by atoms with van der Waals surface area (Å²) in [5.41, 5.74) is -2.16. The fourth-order valence-electron chi connectivity index (χ4n) is 11.4. The number of rotatable bonds is 8. The fourth-order valence-corrected chi connectivity index (χ4v) is 16.3. The topological polar surface area (TPSA) is 19.7 Å². The molecule has 0 spiro atoms. The second-order valence-corrected chi connectivity index (χ2v) is 22.1. The minimum absolute atomic E-state index is 0.0516. The van der Waals surface area contributed by atoms with Crippen molar-refractivity contribution in [3.05, 3.63) is 290 Å². The highest BCUT2D eigenvalue weighted by molar-refractivity contribution is 7.20. The highest BCUT2D eigenvalue weighted by atomic mass is 28.3. The number of hydrogen-bond donors (Lipinski definition) is 0. The van der Waals surface area contributed by atoms with E-state index in [0.29, 0.717) is 10.4 Å². The summed E-state index contributed by atoms with van der Waals surface area (Å²) < 4.78 is 276. The van der Waals surface area contributed by atoms with Gasteiger partial charge in [-0.2, -0.15) is 0 Å². The summed E-state index contributed by atoms with van der Waals surface area (Å²) in [7, 11) is -4.85. The minimum atomic E-state index is -4.85. The molecular formula is C72H48N4Si. The van der Waals surface area contributed by atoms with Gasteiger partial charge in [-0.1, -0.05) is 206 Å². The highest BCUT2D eigenvalue weighted by Crippen LogP contribution is 2.38. The van der Waals surface area contributed by atoms with Crippen LogP contribution < -0.4 is 20.7 Å². The van der Waals surface area contributed by atoms with E-state index >= 15 is 0 Å². The van der Waals surface area contributed by atoms with Crippen LogP contribution in [0.15, 0.2) is 290 Å². The van der Waals surface area contributed by atoms with Crippen LogP contribution in [-0.4, -0.2) is 26.3 Å². The zero-order valence-corrected chi connectivity index (χ0v) is 40.8. The third kappa shape index (κ3) is 6.38. The van der Waals surface area contributed by atoms with E-state index in [0.717, 1.165) is 0 Å². The summed E-state index contributed by atoms with van der Waals surface area (Å²) in [5, 5.41) is -0.612. The molecule has 4 nitrogen and oxygen atoms in total. The maximum absolute atomic E-state index is 9.81. The number of aromatic nitrogens is 4. The molecule has 0 aliphatic carbocycles. The number of fused-ring (bicyclic) bond motifs is 12. The molecule has 0 atom stereocenters. The molecule has 0 fully saturated rings. The van der Waals surface area contributed by atoms with Gasteiger partial charge in [-0.3, -0.25) is 0 Å². The van der Waals surface area contributed by atoms with Gasteiger partial charge in [0.05, 0.1) is 83.9 Å². The minimum Gasteiger partial charge on any atom is -0.309 e. The van der Waals surface area contributed by atoms with Gasteiger partial charge in [0.25, 0.3) is 0 Å². The van der Waals surface area contributed by atoms with Crippen molar-refractivity contribution < 1.29 is 39.8 Å². The lowest BCUT2D eigenvalue weighted by molar-refractivity contribution is 1.14. The molecule has 0 amide bonds. The van der Waals surface area contributed by atoms with Gasteiger partial charge in [-0.25, -0.2) is 0 Å². The maximum atomic E-state index is 9.81. The summed E-state index contributed by atoms with van der Waals surface area (Å²) in [6.07, 6.45) is 0. The van der Waals surface area contributed by atoms with Crippen LogP contribution in [0.2, 0.25) is 0 Å². The molecule has 360 valence electrons. The standard InChI is InChI=1S/C72H48N4Si/c1-3-23-53(24-4-1)77(54-25-5-2-6-26-54,55-45-49(73-65-35-15-7-27-57(65)58-28-8-16-36-66(58)73)43-50(46-55)74-67-37-17-9-29-59(67)60-30-10-18-38-68(60)74)56-47-51(75-69-39-19-11-31-61(69)62-32-12-20-40-70(62)75)44-52(48-56)76-71-41-21-13-33-63(71)64-34-14-22-42-72(64)76/h1-48H/i7D,8D,9D,10D,11D,12D,13D,14D,15D,16D,17D,18D,19D,20D,21D,22D,27D,28D,29D,30D,31D,32D,33D,34D,35D,36D,37D,39D,41D. The lowest BCUT2D eigenvalue weighted by atomic mass is 10.2. The Hall–Kier alpha value is -9.94. The number of hydrogen-bond acceptors (Lipinski definition) is 0. The average molecular weight is 1030 g/mol. The van der Waals surface area contributed by atoms with Gasteiger partial charge in [0.2, 0.25) is 0 Å². The van der Waals surface area contributed by atoms with Crippen LogP contribution in [-0.2, 0) is 0 Å². The normalized spacial score (nSPS) is 17.4. The van der Waals surface area contributed by atoms with Gasteiger partial charge < -0.3 is 18.3 Å². The van der Waals surface area contributed by atoms with Crippen LogP contribution in [0.25, 0.3) is 110 Å². The van der Waals surface area contributed by atoms with E-state index in [1.54, 1.807) is 84.9 Å². The lowest BCUT2D eigenvalue weighted by Gasteiger charge is -2.36. The first-order valence-corrected chi connectivity index (χ1v) is 26.2. The number of benzene rings is 12. The van der Waals surface area contributed by atoms with Crippen molar-refractivity contribution in [1.29, 1.82) is 0 Å². The summed E-state index contributed by atoms with van der Waals surface area (Å²) in [6.45, 7) is 0. The molecule has 0 saturated carbocycles. The molecule has 77 heavy (non-hydrogen) atoms. The third-order valence-electron chi connectivity index (χ3n) is 14.5. The van der Waals surface area contributed by atoms with E-state index in [1.807, 2.05) is 0 Å². The van der Waals surface area contributed by atoms with Crippen molar-refractivity contribution in [2.24, 2.45) is 0 Å². The van der Waals surface area contributed by atoms with Crippen molar-refractivity contribution in [2.45, 2.75) is 0 Å². The molecule has 0 radical (unpaired) electrons. The first-order valence-electron chi connectivity index (χ1n) is 38.7. The summed E-state index contributed by atoms with van der Waals surface area (Å²) in [5.74, 6) is 0. The van der Waals surface area contributed by atoms with Crippen LogP contribution in [0.5, 0.6) is 0 Å². The van der Waals surface area contributed by atoms with Crippen molar-refractivity contribution >= 4 is 116 Å². The Morgan fingerprint density at radius 2 is 0.455 bits per heavy atom. The van der Waals surface area contributed by atoms with Gasteiger partial charge in [0, 0.05) is 65.8 Å². The Morgan fingerprint density at radius 3 is 0.740 bits per heavy atom. The first-order chi connectivity index (χ1) is 50.2. The predicted molar refractivity (Wildman–Crippen MR) is 327 cm³/mol. The van der Waals surface area contributed by atoms with Gasteiger partial charge >= 0.3 is 0 Å². The van der Waals surface area contributed by atoms with Crippen molar-refractivity contribution in [2.75, 3.05) is 0 Å². The van der Waals surface area contributed by atoms with E-state index < -0.39 is 183 Å². The third-order valence-corrected chi connectivity index (χ3v) is 19.2. The van der Waals surface area contributed by atoms with E-state index in [9.17, 15) is 28.8 Å². The van der Waals surface area contributed by atoms with E-state index in [1.165, 1.54) is 48.6 Å². The Bertz CT molecular complexity index is 6470. The molecule has 5 heteroatoms. The molecule has 0 aliphatic heterocycles. The van der Waals surface area contributed by atoms with Crippen LogP contribution >= 0.6 is 0 Å². The Balaban J connectivity index is 1.21. The van der Waals surface area contributed by atoms with Crippen LogP contribution in [0, 0.1) is 0 Å². The van der Waals surface area contributed by atoms with E-state index in [2.05, 4.69) is 0 Å². The summed E-state index contributed by atoms with van der Waals surface area (Å²) in [4.78, 5) is 0. The molecule has 4 aromatic heterocycles. The second kappa shape index (κ2) is 17.0. The lowest BCUT2D eigenvalue weighted by Crippen LogP contribution is -2.75. The molecule has 0 saturated heterocycles. The fraction of sp³-hybridized carbons (Fsp3) is 0. The Kier molecular flexibility index (Phi) is 5.25. The van der Waals surface area contributed by atoms with Crippen molar-refractivity contribution in [3.8, 4) is 22.7 Å². The first kappa shape index (κ1) is 23.7. The molecule has 4 heterocycles. The Morgan fingerprint density at radius 1 is 0.221 bits per heavy atom. The summed E-state index contributed by atoms with van der Waals surface area (Å²) in [6, 6.07) is 11.5. The second-order valence-electron chi connectivity index (χ2n) is 18.3. The quantitative estimate of drug-likeness (QED) is 0.107.